The third kappa shape index (κ3) is 1.30. The molecular weight excluding hydrogens is 150 g/mol. The van der Waals surface area contributed by atoms with Gasteiger partial charge in [0.15, 0.2) is 0 Å². The maximum absolute atomic E-state index is 9.57. The molecule has 1 unspecified atom stereocenters. The molecule has 1 aromatic rings. The highest BCUT2D eigenvalue weighted by atomic mass is 16.3. The van der Waals surface area contributed by atoms with Crippen LogP contribution >= 0.6 is 0 Å². The van der Waals surface area contributed by atoms with Crippen molar-refractivity contribution >= 4 is 5.69 Å². The Morgan fingerprint density at radius 2 is 2.00 bits per heavy atom. The first-order valence-electron chi connectivity index (χ1n) is 4.38. The van der Waals surface area contributed by atoms with Crippen LogP contribution in [0.3, 0.4) is 0 Å². The highest BCUT2D eigenvalue weighted by Crippen LogP contribution is 2.23. The molecule has 0 spiro atoms. The zero-order valence-electron chi connectivity index (χ0n) is 6.98. The molecule has 1 saturated heterocycles. The van der Waals surface area contributed by atoms with Gasteiger partial charge in [0.1, 0.15) is 6.23 Å². The normalized spacial score (nSPS) is 23.1. The van der Waals surface area contributed by atoms with E-state index in [1.165, 1.54) is 0 Å². The van der Waals surface area contributed by atoms with Crippen LogP contribution in [0.25, 0.3) is 0 Å². The average Bonchev–Trinajstić information content (AvgIpc) is 2.53. The molecule has 0 bridgehead atoms. The van der Waals surface area contributed by atoms with Crippen molar-refractivity contribution in [1.82, 2.24) is 0 Å². The van der Waals surface area contributed by atoms with Crippen molar-refractivity contribution in [3.63, 3.8) is 0 Å². The second-order valence-corrected chi connectivity index (χ2v) is 3.15. The lowest BCUT2D eigenvalue weighted by atomic mass is 10.3. The lowest BCUT2D eigenvalue weighted by Gasteiger charge is -2.22. The van der Waals surface area contributed by atoms with Crippen molar-refractivity contribution < 1.29 is 5.11 Å². The number of hydrogen-bond acceptors (Lipinski definition) is 2. The van der Waals surface area contributed by atoms with Crippen molar-refractivity contribution in [1.29, 1.82) is 0 Å². The summed E-state index contributed by atoms with van der Waals surface area (Å²) in [7, 11) is 0. The van der Waals surface area contributed by atoms with E-state index in [0.29, 0.717) is 0 Å². The maximum atomic E-state index is 9.57. The lowest BCUT2D eigenvalue weighted by Crippen LogP contribution is -2.28. The van der Waals surface area contributed by atoms with E-state index in [-0.39, 0.29) is 6.23 Å². The zero-order valence-corrected chi connectivity index (χ0v) is 6.98. The fourth-order valence-electron chi connectivity index (χ4n) is 1.67. The third-order valence-corrected chi connectivity index (χ3v) is 2.31. The van der Waals surface area contributed by atoms with E-state index >= 15 is 0 Å². The lowest BCUT2D eigenvalue weighted by molar-refractivity contribution is 0.186. The second-order valence-electron chi connectivity index (χ2n) is 3.15. The van der Waals surface area contributed by atoms with E-state index in [4.69, 9.17) is 0 Å². The molecule has 0 aromatic heterocycles. The standard InChI is InChI=1S/C10H13NO/c12-10-7-4-8-11(10)9-5-2-1-3-6-9/h1-3,5-6,10,12H,4,7-8H2. The van der Waals surface area contributed by atoms with Gasteiger partial charge in [-0.3, -0.25) is 0 Å². The van der Waals surface area contributed by atoms with E-state index in [2.05, 4.69) is 0 Å². The van der Waals surface area contributed by atoms with Gasteiger partial charge in [0.2, 0.25) is 0 Å². The summed E-state index contributed by atoms with van der Waals surface area (Å²) in [5.41, 5.74) is 1.13. The van der Waals surface area contributed by atoms with Crippen LogP contribution in [0.1, 0.15) is 12.8 Å². The quantitative estimate of drug-likeness (QED) is 0.679. The fraction of sp³-hybridized carbons (Fsp3) is 0.400. The van der Waals surface area contributed by atoms with Gasteiger partial charge in [-0.1, -0.05) is 18.2 Å². The number of para-hydroxylation sites is 1. The van der Waals surface area contributed by atoms with Crippen LogP contribution in [-0.4, -0.2) is 17.9 Å². The van der Waals surface area contributed by atoms with Gasteiger partial charge in [0, 0.05) is 12.2 Å². The smallest absolute Gasteiger partial charge is 0.126 e. The first-order chi connectivity index (χ1) is 5.88. The van der Waals surface area contributed by atoms with Crippen molar-refractivity contribution in [2.75, 3.05) is 11.4 Å². The van der Waals surface area contributed by atoms with Crippen molar-refractivity contribution in [2.45, 2.75) is 19.1 Å². The van der Waals surface area contributed by atoms with Crippen LogP contribution in [0.4, 0.5) is 5.69 Å². The van der Waals surface area contributed by atoms with Crippen molar-refractivity contribution in [2.24, 2.45) is 0 Å². The monoisotopic (exact) mass is 163 g/mol. The number of rotatable bonds is 1. The molecule has 1 aliphatic rings. The number of aliphatic hydroxyl groups excluding tert-OH is 1. The Labute approximate surface area is 72.4 Å². The largest absolute Gasteiger partial charge is 0.374 e. The Morgan fingerprint density at radius 1 is 1.25 bits per heavy atom. The average molecular weight is 163 g/mol. The number of nitrogens with zero attached hydrogens (tertiary/aromatic N) is 1. The molecule has 2 nitrogen and oxygen atoms in total. The summed E-state index contributed by atoms with van der Waals surface area (Å²) in [6.45, 7) is 0.977. The topological polar surface area (TPSA) is 23.5 Å². The molecule has 1 N–H and O–H groups in total. The van der Waals surface area contributed by atoms with Crippen LogP contribution in [0.5, 0.6) is 0 Å². The van der Waals surface area contributed by atoms with Gasteiger partial charge in [-0.2, -0.15) is 0 Å². The van der Waals surface area contributed by atoms with Gasteiger partial charge in [0.05, 0.1) is 0 Å². The zero-order chi connectivity index (χ0) is 8.39. The Bertz CT molecular complexity index is 247. The van der Waals surface area contributed by atoms with Crippen LogP contribution < -0.4 is 4.90 Å². The molecule has 1 aromatic carbocycles. The van der Waals surface area contributed by atoms with Crippen LogP contribution in [0, 0.1) is 0 Å². The minimum atomic E-state index is -0.271. The highest BCUT2D eigenvalue weighted by molar-refractivity contribution is 5.47. The third-order valence-electron chi connectivity index (χ3n) is 2.31. The van der Waals surface area contributed by atoms with Gasteiger partial charge < -0.3 is 10.0 Å². The summed E-state index contributed by atoms with van der Waals surface area (Å²) in [6.07, 6.45) is 1.72. The Balaban J connectivity index is 2.19. The molecule has 2 heteroatoms. The molecule has 0 amide bonds. The molecule has 0 saturated carbocycles. The van der Waals surface area contributed by atoms with Gasteiger partial charge in [-0.15, -0.1) is 0 Å². The van der Waals surface area contributed by atoms with Gasteiger partial charge in [0.25, 0.3) is 0 Å². The molecule has 12 heavy (non-hydrogen) atoms. The van der Waals surface area contributed by atoms with Crippen LogP contribution in [0.2, 0.25) is 0 Å². The van der Waals surface area contributed by atoms with Gasteiger partial charge >= 0.3 is 0 Å². The van der Waals surface area contributed by atoms with E-state index in [1.54, 1.807) is 0 Å². The number of anilines is 1. The predicted molar refractivity (Wildman–Crippen MR) is 49.0 cm³/mol. The summed E-state index contributed by atoms with van der Waals surface area (Å²) in [4.78, 5) is 2.04. The molecule has 1 atom stereocenters. The second kappa shape index (κ2) is 3.15. The summed E-state index contributed by atoms with van der Waals surface area (Å²) in [5, 5.41) is 9.57. The Morgan fingerprint density at radius 3 is 2.58 bits per heavy atom. The summed E-state index contributed by atoms with van der Waals surface area (Å²) in [5.74, 6) is 0. The molecular formula is C10H13NO. The van der Waals surface area contributed by atoms with Gasteiger partial charge in [-0.25, -0.2) is 0 Å². The fourth-order valence-corrected chi connectivity index (χ4v) is 1.67. The number of hydrogen-bond donors (Lipinski definition) is 1. The Hall–Kier alpha value is -1.02. The predicted octanol–water partition coefficient (Wildman–Crippen LogP) is 1.61. The molecule has 0 aliphatic carbocycles. The minimum Gasteiger partial charge on any atom is -0.374 e. The summed E-state index contributed by atoms with van der Waals surface area (Å²) < 4.78 is 0. The minimum absolute atomic E-state index is 0.271. The highest BCUT2D eigenvalue weighted by Gasteiger charge is 2.21. The SMILES string of the molecule is OC1CCCN1c1ccccc1. The molecule has 64 valence electrons. The molecule has 0 radical (unpaired) electrons. The van der Waals surface area contributed by atoms with Crippen LogP contribution in [0.15, 0.2) is 30.3 Å². The first-order valence-corrected chi connectivity index (χ1v) is 4.38. The first kappa shape index (κ1) is 7.62. The van der Waals surface area contributed by atoms with E-state index in [9.17, 15) is 5.11 Å². The maximum Gasteiger partial charge on any atom is 0.126 e. The molecule has 2 rings (SSSR count). The molecule has 1 heterocycles. The summed E-state index contributed by atoms with van der Waals surface area (Å²) >= 11 is 0. The molecule has 1 aliphatic heterocycles. The molecule has 1 fully saturated rings. The number of aliphatic hydroxyl groups is 1. The van der Waals surface area contributed by atoms with E-state index < -0.39 is 0 Å². The van der Waals surface area contributed by atoms with E-state index in [1.807, 2.05) is 35.2 Å². The van der Waals surface area contributed by atoms with Crippen molar-refractivity contribution in [3.05, 3.63) is 30.3 Å². The number of benzene rings is 1. The Kier molecular flexibility index (Phi) is 2.00. The summed E-state index contributed by atoms with van der Waals surface area (Å²) in [6, 6.07) is 10.1. The van der Waals surface area contributed by atoms with Gasteiger partial charge in [-0.05, 0) is 25.0 Å². The van der Waals surface area contributed by atoms with Crippen LogP contribution in [-0.2, 0) is 0 Å². The van der Waals surface area contributed by atoms with Crippen molar-refractivity contribution in [3.8, 4) is 0 Å². The van der Waals surface area contributed by atoms with E-state index in [0.717, 1.165) is 25.1 Å².